The van der Waals surface area contributed by atoms with Gasteiger partial charge < -0.3 is 14.2 Å². The van der Waals surface area contributed by atoms with Crippen LogP contribution >= 0.6 is 0 Å². The van der Waals surface area contributed by atoms with Gasteiger partial charge in [0.2, 0.25) is 0 Å². The van der Waals surface area contributed by atoms with E-state index in [0.717, 1.165) is 6.42 Å². The lowest BCUT2D eigenvalue weighted by Crippen LogP contribution is -2.26. The van der Waals surface area contributed by atoms with Crippen molar-refractivity contribution in [1.29, 1.82) is 5.26 Å². The van der Waals surface area contributed by atoms with Gasteiger partial charge in [0.1, 0.15) is 6.61 Å². The Morgan fingerprint density at radius 3 is 2.79 bits per heavy atom. The molecule has 14 heavy (non-hydrogen) atoms. The zero-order valence-corrected chi connectivity index (χ0v) is 8.95. The quantitative estimate of drug-likeness (QED) is 0.692. The molecule has 0 saturated carbocycles. The fraction of sp³-hybridized carbons (Fsp3) is 0.900. The van der Waals surface area contributed by atoms with Crippen LogP contribution in [0.15, 0.2) is 0 Å². The minimum absolute atomic E-state index is 0.0532. The summed E-state index contributed by atoms with van der Waals surface area (Å²) in [7, 11) is 0. The van der Waals surface area contributed by atoms with Crippen molar-refractivity contribution < 1.29 is 14.2 Å². The zero-order chi connectivity index (χ0) is 10.6. The van der Waals surface area contributed by atoms with Gasteiger partial charge in [0.15, 0.2) is 12.1 Å². The van der Waals surface area contributed by atoms with Gasteiger partial charge in [0, 0.05) is 0 Å². The van der Waals surface area contributed by atoms with Gasteiger partial charge in [-0.1, -0.05) is 6.92 Å². The Balaban J connectivity index is 2.34. The molecule has 0 aromatic rings. The van der Waals surface area contributed by atoms with E-state index in [4.69, 9.17) is 19.5 Å². The Morgan fingerprint density at radius 2 is 2.36 bits per heavy atom. The Kier molecular flexibility index (Phi) is 3.87. The summed E-state index contributed by atoms with van der Waals surface area (Å²) >= 11 is 0. The van der Waals surface area contributed by atoms with Crippen LogP contribution in [-0.2, 0) is 14.2 Å². The molecular weight excluding hydrogens is 182 g/mol. The average molecular weight is 199 g/mol. The molecule has 1 aliphatic heterocycles. The van der Waals surface area contributed by atoms with Crippen molar-refractivity contribution in [3.05, 3.63) is 0 Å². The molecule has 4 heteroatoms. The molecule has 2 atom stereocenters. The monoisotopic (exact) mass is 199 g/mol. The summed E-state index contributed by atoms with van der Waals surface area (Å²) < 4.78 is 16.4. The average Bonchev–Trinajstić information content (AvgIpc) is 2.45. The first-order valence-electron chi connectivity index (χ1n) is 4.91. The molecule has 0 aliphatic carbocycles. The van der Waals surface area contributed by atoms with E-state index in [-0.39, 0.29) is 12.4 Å². The van der Waals surface area contributed by atoms with Crippen LogP contribution in [0.3, 0.4) is 0 Å². The second kappa shape index (κ2) is 4.74. The predicted molar refractivity (Wildman–Crippen MR) is 50.3 cm³/mol. The van der Waals surface area contributed by atoms with E-state index in [2.05, 4.69) is 6.07 Å². The van der Waals surface area contributed by atoms with Gasteiger partial charge in [-0.15, -0.1) is 0 Å². The molecule has 2 unspecified atom stereocenters. The predicted octanol–water partition coefficient (Wildman–Crippen LogP) is 1.80. The molecule has 0 amide bonds. The van der Waals surface area contributed by atoms with E-state index in [1.54, 1.807) is 0 Å². The van der Waals surface area contributed by atoms with Gasteiger partial charge in [0.25, 0.3) is 0 Å². The molecule has 80 valence electrons. The van der Waals surface area contributed by atoms with Crippen LogP contribution in [0.1, 0.15) is 33.6 Å². The van der Waals surface area contributed by atoms with Crippen LogP contribution in [0, 0.1) is 11.3 Å². The molecule has 0 bridgehead atoms. The largest absolute Gasteiger partial charge is 0.346 e. The SMILES string of the molecule is CCC(CC#N)OC1COC(C)(C)O1. The van der Waals surface area contributed by atoms with E-state index < -0.39 is 5.79 Å². The first kappa shape index (κ1) is 11.4. The minimum atomic E-state index is -0.560. The number of nitriles is 1. The number of rotatable bonds is 4. The Morgan fingerprint density at radius 1 is 1.64 bits per heavy atom. The molecule has 1 saturated heterocycles. The number of ether oxygens (including phenoxy) is 3. The van der Waals surface area contributed by atoms with Crippen LogP contribution in [0.2, 0.25) is 0 Å². The summed E-state index contributed by atoms with van der Waals surface area (Å²) in [5, 5.41) is 8.54. The Bertz CT molecular complexity index is 222. The van der Waals surface area contributed by atoms with Crippen molar-refractivity contribution in [2.45, 2.75) is 51.8 Å². The summed E-state index contributed by atoms with van der Waals surface area (Å²) in [6.07, 6.45) is 0.829. The zero-order valence-electron chi connectivity index (χ0n) is 8.95. The lowest BCUT2D eigenvalue weighted by atomic mass is 10.2. The summed E-state index contributed by atoms with van der Waals surface area (Å²) in [6, 6.07) is 2.09. The van der Waals surface area contributed by atoms with Crippen LogP contribution < -0.4 is 0 Å². The van der Waals surface area contributed by atoms with Crippen molar-refractivity contribution in [3.8, 4) is 6.07 Å². The van der Waals surface area contributed by atoms with E-state index >= 15 is 0 Å². The molecule has 1 aliphatic rings. The van der Waals surface area contributed by atoms with Gasteiger partial charge in [0.05, 0.1) is 18.6 Å². The molecule has 4 nitrogen and oxygen atoms in total. The van der Waals surface area contributed by atoms with Gasteiger partial charge in [-0.05, 0) is 20.3 Å². The van der Waals surface area contributed by atoms with Crippen molar-refractivity contribution in [3.63, 3.8) is 0 Å². The van der Waals surface area contributed by atoms with Gasteiger partial charge >= 0.3 is 0 Å². The maximum absolute atomic E-state index is 8.54. The highest BCUT2D eigenvalue weighted by Crippen LogP contribution is 2.24. The standard InChI is InChI=1S/C10H17NO3/c1-4-8(5-6-11)13-9-7-12-10(2,3)14-9/h8-9H,4-5,7H2,1-3H3. The third-order valence-corrected chi connectivity index (χ3v) is 2.10. The van der Waals surface area contributed by atoms with Crippen LogP contribution in [0.5, 0.6) is 0 Å². The normalized spacial score (nSPS) is 27.1. The Labute approximate surface area is 84.8 Å². The van der Waals surface area contributed by atoms with Crippen molar-refractivity contribution in [1.82, 2.24) is 0 Å². The molecular formula is C10H17NO3. The van der Waals surface area contributed by atoms with Gasteiger partial charge in [-0.25, -0.2) is 0 Å². The van der Waals surface area contributed by atoms with Gasteiger partial charge in [-0.2, -0.15) is 5.26 Å². The maximum atomic E-state index is 8.54. The highest BCUT2D eigenvalue weighted by molar-refractivity contribution is 4.76. The van der Waals surface area contributed by atoms with Crippen LogP contribution in [-0.4, -0.2) is 24.8 Å². The maximum Gasteiger partial charge on any atom is 0.184 e. The Hall–Kier alpha value is -0.630. The fourth-order valence-electron chi connectivity index (χ4n) is 1.33. The highest BCUT2D eigenvalue weighted by Gasteiger charge is 2.34. The molecule has 0 aromatic carbocycles. The summed E-state index contributed by atoms with van der Waals surface area (Å²) in [4.78, 5) is 0. The van der Waals surface area contributed by atoms with Crippen LogP contribution in [0.4, 0.5) is 0 Å². The highest BCUT2D eigenvalue weighted by atomic mass is 16.8. The molecule has 1 fully saturated rings. The fourth-order valence-corrected chi connectivity index (χ4v) is 1.33. The molecule has 0 spiro atoms. The summed E-state index contributed by atoms with van der Waals surface area (Å²) in [5.41, 5.74) is 0. The van der Waals surface area contributed by atoms with Crippen LogP contribution in [0.25, 0.3) is 0 Å². The second-order valence-electron chi connectivity index (χ2n) is 3.79. The van der Waals surface area contributed by atoms with E-state index in [0.29, 0.717) is 13.0 Å². The number of hydrogen-bond acceptors (Lipinski definition) is 4. The third-order valence-electron chi connectivity index (χ3n) is 2.10. The lowest BCUT2D eigenvalue weighted by Gasteiger charge is -2.20. The van der Waals surface area contributed by atoms with E-state index in [1.807, 2.05) is 20.8 Å². The lowest BCUT2D eigenvalue weighted by molar-refractivity contribution is -0.204. The molecule has 1 rings (SSSR count). The third kappa shape index (κ3) is 3.26. The first-order valence-corrected chi connectivity index (χ1v) is 4.91. The van der Waals surface area contributed by atoms with E-state index in [9.17, 15) is 0 Å². The number of nitrogens with zero attached hydrogens (tertiary/aromatic N) is 1. The number of hydrogen-bond donors (Lipinski definition) is 0. The molecule has 0 N–H and O–H groups in total. The minimum Gasteiger partial charge on any atom is -0.346 e. The smallest absolute Gasteiger partial charge is 0.184 e. The topological polar surface area (TPSA) is 51.5 Å². The molecule has 0 radical (unpaired) electrons. The first-order chi connectivity index (χ1) is 6.57. The second-order valence-corrected chi connectivity index (χ2v) is 3.79. The summed E-state index contributed by atoms with van der Waals surface area (Å²) in [5.74, 6) is -0.560. The molecule has 1 heterocycles. The molecule has 0 aromatic heterocycles. The summed E-state index contributed by atoms with van der Waals surface area (Å²) in [6.45, 7) is 6.13. The van der Waals surface area contributed by atoms with Crippen molar-refractivity contribution in [2.75, 3.05) is 6.61 Å². The van der Waals surface area contributed by atoms with Crippen molar-refractivity contribution >= 4 is 0 Å². The van der Waals surface area contributed by atoms with E-state index in [1.165, 1.54) is 0 Å². The van der Waals surface area contributed by atoms with Crippen molar-refractivity contribution in [2.24, 2.45) is 0 Å². The van der Waals surface area contributed by atoms with Gasteiger partial charge in [-0.3, -0.25) is 0 Å².